The number of hydrogen-bond acceptors (Lipinski definition) is 3. The summed E-state index contributed by atoms with van der Waals surface area (Å²) in [5, 5.41) is 2.86. The van der Waals surface area contributed by atoms with E-state index < -0.39 is 0 Å². The predicted molar refractivity (Wildman–Crippen MR) is 114 cm³/mol. The molecule has 1 N–H and O–H groups in total. The zero-order valence-electron chi connectivity index (χ0n) is 17.6. The van der Waals surface area contributed by atoms with E-state index in [1.165, 1.54) is 6.07 Å². The SMILES string of the molecule is CC(C)NC(=O)c1ccc(OC[C@@H]2CCCN(C(=O)Cc3ccccc3F)C2)cc1. The van der Waals surface area contributed by atoms with E-state index in [0.717, 1.165) is 12.8 Å². The molecule has 2 aromatic rings. The van der Waals surface area contributed by atoms with Crippen LogP contribution in [-0.2, 0) is 11.2 Å². The van der Waals surface area contributed by atoms with E-state index in [-0.39, 0.29) is 36.0 Å². The molecule has 5 nitrogen and oxygen atoms in total. The normalized spacial score (nSPS) is 16.4. The topological polar surface area (TPSA) is 58.6 Å². The molecule has 1 heterocycles. The average molecular weight is 413 g/mol. The quantitative estimate of drug-likeness (QED) is 0.752. The number of nitrogens with one attached hydrogen (secondary N) is 1. The first kappa shape index (κ1) is 21.8. The number of rotatable bonds is 7. The maximum Gasteiger partial charge on any atom is 0.251 e. The number of carbonyl (C=O) groups excluding carboxylic acids is 2. The molecule has 1 atom stereocenters. The Morgan fingerprint density at radius 2 is 1.90 bits per heavy atom. The molecule has 2 amide bonds. The molecule has 3 rings (SSSR count). The van der Waals surface area contributed by atoms with Crippen LogP contribution in [0, 0.1) is 11.7 Å². The summed E-state index contributed by atoms with van der Waals surface area (Å²) in [5.41, 5.74) is 1.03. The van der Waals surface area contributed by atoms with Crippen molar-refractivity contribution in [2.75, 3.05) is 19.7 Å². The highest BCUT2D eigenvalue weighted by molar-refractivity contribution is 5.94. The molecule has 0 bridgehead atoms. The summed E-state index contributed by atoms with van der Waals surface area (Å²) >= 11 is 0. The van der Waals surface area contributed by atoms with Crippen molar-refractivity contribution in [1.82, 2.24) is 10.2 Å². The Hall–Kier alpha value is -2.89. The minimum atomic E-state index is -0.340. The summed E-state index contributed by atoms with van der Waals surface area (Å²) in [6.45, 7) is 5.65. The molecule has 0 saturated carbocycles. The molecule has 30 heavy (non-hydrogen) atoms. The highest BCUT2D eigenvalue weighted by Crippen LogP contribution is 2.20. The van der Waals surface area contributed by atoms with E-state index in [4.69, 9.17) is 4.74 Å². The number of likely N-dealkylation sites (tertiary alicyclic amines) is 1. The van der Waals surface area contributed by atoms with Gasteiger partial charge in [0.2, 0.25) is 5.91 Å². The van der Waals surface area contributed by atoms with E-state index >= 15 is 0 Å². The average Bonchev–Trinajstić information content (AvgIpc) is 2.74. The summed E-state index contributed by atoms with van der Waals surface area (Å²) in [4.78, 5) is 26.4. The van der Waals surface area contributed by atoms with Gasteiger partial charge in [-0.15, -0.1) is 0 Å². The first-order chi connectivity index (χ1) is 14.4. The van der Waals surface area contributed by atoms with E-state index in [1.807, 2.05) is 18.7 Å². The number of benzene rings is 2. The lowest BCUT2D eigenvalue weighted by Crippen LogP contribution is -2.42. The van der Waals surface area contributed by atoms with Crippen molar-refractivity contribution < 1.29 is 18.7 Å². The Morgan fingerprint density at radius 3 is 2.60 bits per heavy atom. The molecule has 0 spiro atoms. The van der Waals surface area contributed by atoms with Gasteiger partial charge in [-0.1, -0.05) is 18.2 Å². The standard InChI is InChI=1S/C24H29FN2O3/c1-17(2)26-24(29)19-9-11-21(12-10-19)30-16-18-6-5-13-27(15-18)23(28)14-20-7-3-4-8-22(20)25/h3-4,7-12,17-18H,5-6,13-16H2,1-2H3,(H,26,29)/t18-/m1/s1. The zero-order valence-corrected chi connectivity index (χ0v) is 17.6. The lowest BCUT2D eigenvalue weighted by Gasteiger charge is -2.32. The highest BCUT2D eigenvalue weighted by Gasteiger charge is 2.24. The molecule has 0 radical (unpaired) electrons. The maximum absolute atomic E-state index is 13.8. The van der Waals surface area contributed by atoms with Crippen molar-refractivity contribution in [1.29, 1.82) is 0 Å². The molecule has 0 aliphatic carbocycles. The van der Waals surface area contributed by atoms with Crippen molar-refractivity contribution in [3.05, 3.63) is 65.5 Å². The Bertz CT molecular complexity index is 867. The minimum absolute atomic E-state index is 0.0506. The summed E-state index contributed by atoms with van der Waals surface area (Å²) < 4.78 is 19.7. The van der Waals surface area contributed by atoms with Crippen LogP contribution >= 0.6 is 0 Å². The number of nitrogens with zero attached hydrogens (tertiary/aromatic N) is 1. The van der Waals surface area contributed by atoms with Crippen LogP contribution in [0.1, 0.15) is 42.6 Å². The van der Waals surface area contributed by atoms with Gasteiger partial charge in [0.1, 0.15) is 11.6 Å². The zero-order chi connectivity index (χ0) is 21.5. The lowest BCUT2D eigenvalue weighted by molar-refractivity contribution is -0.132. The van der Waals surface area contributed by atoms with Gasteiger partial charge in [-0.3, -0.25) is 9.59 Å². The molecule has 1 aliphatic rings. The van der Waals surface area contributed by atoms with Gasteiger partial charge in [-0.2, -0.15) is 0 Å². The third-order valence-electron chi connectivity index (χ3n) is 5.19. The van der Waals surface area contributed by atoms with Crippen LogP contribution in [0.3, 0.4) is 0 Å². The Kier molecular flexibility index (Phi) is 7.44. The number of hydrogen-bond donors (Lipinski definition) is 1. The van der Waals surface area contributed by atoms with E-state index in [9.17, 15) is 14.0 Å². The first-order valence-electron chi connectivity index (χ1n) is 10.5. The molecule has 160 valence electrons. The number of piperidine rings is 1. The van der Waals surface area contributed by atoms with Crippen LogP contribution in [-0.4, -0.2) is 42.5 Å². The van der Waals surface area contributed by atoms with Gasteiger partial charge in [0.25, 0.3) is 5.91 Å². The monoisotopic (exact) mass is 412 g/mol. The third-order valence-corrected chi connectivity index (χ3v) is 5.19. The number of carbonyl (C=O) groups is 2. The van der Waals surface area contributed by atoms with Crippen LogP contribution in [0.25, 0.3) is 0 Å². The number of amides is 2. The molecular weight excluding hydrogens is 383 g/mol. The molecular formula is C24H29FN2O3. The van der Waals surface area contributed by atoms with Gasteiger partial charge < -0.3 is 15.0 Å². The number of ether oxygens (including phenoxy) is 1. The second kappa shape index (κ2) is 10.2. The Labute approximate surface area is 177 Å². The minimum Gasteiger partial charge on any atom is -0.493 e. The van der Waals surface area contributed by atoms with Crippen LogP contribution in [0.15, 0.2) is 48.5 Å². The van der Waals surface area contributed by atoms with Crippen molar-refractivity contribution in [2.24, 2.45) is 5.92 Å². The Balaban J connectivity index is 1.49. The fraction of sp³-hybridized carbons (Fsp3) is 0.417. The van der Waals surface area contributed by atoms with Crippen molar-refractivity contribution in [3.63, 3.8) is 0 Å². The molecule has 1 fully saturated rings. The van der Waals surface area contributed by atoms with Crippen LogP contribution < -0.4 is 10.1 Å². The van der Waals surface area contributed by atoms with Gasteiger partial charge in [0, 0.05) is 30.6 Å². The van der Waals surface area contributed by atoms with Crippen molar-refractivity contribution >= 4 is 11.8 Å². The third kappa shape index (κ3) is 6.05. The molecule has 2 aromatic carbocycles. The maximum atomic E-state index is 13.8. The van der Waals surface area contributed by atoms with E-state index in [2.05, 4.69) is 5.32 Å². The smallest absolute Gasteiger partial charge is 0.251 e. The summed E-state index contributed by atoms with van der Waals surface area (Å²) in [6, 6.07) is 13.6. The Morgan fingerprint density at radius 1 is 1.17 bits per heavy atom. The second-order valence-electron chi connectivity index (χ2n) is 8.08. The molecule has 0 unspecified atom stereocenters. The first-order valence-corrected chi connectivity index (χ1v) is 10.5. The van der Waals surface area contributed by atoms with Crippen LogP contribution in [0.5, 0.6) is 5.75 Å². The molecule has 0 aromatic heterocycles. The molecule has 1 saturated heterocycles. The van der Waals surface area contributed by atoms with Crippen LogP contribution in [0.2, 0.25) is 0 Å². The number of halogens is 1. The van der Waals surface area contributed by atoms with E-state index in [0.29, 0.717) is 36.6 Å². The predicted octanol–water partition coefficient (Wildman–Crippen LogP) is 3.82. The fourth-order valence-corrected chi connectivity index (χ4v) is 3.61. The highest BCUT2D eigenvalue weighted by atomic mass is 19.1. The van der Waals surface area contributed by atoms with Crippen LogP contribution in [0.4, 0.5) is 4.39 Å². The van der Waals surface area contributed by atoms with Gasteiger partial charge in [-0.05, 0) is 62.6 Å². The van der Waals surface area contributed by atoms with Crippen molar-refractivity contribution in [3.8, 4) is 5.75 Å². The second-order valence-corrected chi connectivity index (χ2v) is 8.08. The summed E-state index contributed by atoms with van der Waals surface area (Å²) in [5.74, 6) is 0.435. The van der Waals surface area contributed by atoms with Gasteiger partial charge in [0.05, 0.1) is 13.0 Å². The van der Waals surface area contributed by atoms with Crippen molar-refractivity contribution in [2.45, 2.75) is 39.2 Å². The van der Waals surface area contributed by atoms with Gasteiger partial charge >= 0.3 is 0 Å². The largest absolute Gasteiger partial charge is 0.493 e. The fourth-order valence-electron chi connectivity index (χ4n) is 3.61. The summed E-state index contributed by atoms with van der Waals surface area (Å²) in [6.07, 6.45) is 1.98. The molecule has 1 aliphatic heterocycles. The molecule has 6 heteroatoms. The lowest BCUT2D eigenvalue weighted by atomic mass is 9.98. The van der Waals surface area contributed by atoms with Gasteiger partial charge in [-0.25, -0.2) is 4.39 Å². The summed E-state index contributed by atoms with van der Waals surface area (Å²) in [7, 11) is 0. The van der Waals surface area contributed by atoms with Gasteiger partial charge in [0.15, 0.2) is 0 Å². The van der Waals surface area contributed by atoms with E-state index in [1.54, 1.807) is 42.5 Å².